The highest BCUT2D eigenvalue weighted by Crippen LogP contribution is 2.47. The van der Waals surface area contributed by atoms with Gasteiger partial charge >= 0.3 is 0 Å². The minimum absolute atomic E-state index is 0.135. The molecular weight excluding hydrogens is 719 g/mol. The van der Waals surface area contributed by atoms with E-state index in [1.807, 2.05) is 12.1 Å². The van der Waals surface area contributed by atoms with Gasteiger partial charge in [-0.1, -0.05) is 143 Å². The Labute approximate surface area is 345 Å². The zero-order chi connectivity index (χ0) is 39.9. The van der Waals surface area contributed by atoms with Gasteiger partial charge < -0.3 is 4.42 Å². The molecule has 286 valence electrons. The van der Waals surface area contributed by atoms with E-state index in [9.17, 15) is 0 Å². The number of benzene rings is 7. The Bertz CT molecular complexity index is 3170. The fourth-order valence-electron chi connectivity index (χ4n) is 9.48. The predicted octanol–water partition coefficient (Wildman–Crippen LogP) is 14.6. The molecule has 0 fully saturated rings. The zero-order valence-electron chi connectivity index (χ0n) is 34.0. The van der Waals surface area contributed by atoms with E-state index >= 15 is 0 Å². The first kappa shape index (κ1) is 35.5. The second-order valence-electron chi connectivity index (χ2n) is 17.8. The fraction of sp³-hybridized carbons (Fsp3) is 0.182. The van der Waals surface area contributed by atoms with Crippen LogP contribution in [0.1, 0.15) is 69.2 Å². The number of rotatable bonds is 5. The van der Waals surface area contributed by atoms with Crippen molar-refractivity contribution in [3.8, 4) is 56.4 Å². The summed E-state index contributed by atoms with van der Waals surface area (Å²) in [6.07, 6.45) is 8.96. The first-order valence-electron chi connectivity index (χ1n) is 20.9. The molecule has 0 N–H and O–H groups in total. The van der Waals surface area contributed by atoms with Crippen molar-refractivity contribution in [3.05, 3.63) is 168 Å². The van der Waals surface area contributed by atoms with E-state index in [1.165, 1.54) is 57.2 Å². The van der Waals surface area contributed by atoms with Gasteiger partial charge in [-0.3, -0.25) is 0 Å². The molecule has 0 unspecified atom stereocenters. The van der Waals surface area contributed by atoms with E-state index in [1.54, 1.807) is 0 Å². The molecule has 4 nitrogen and oxygen atoms in total. The molecule has 2 aromatic heterocycles. The molecule has 0 amide bonds. The van der Waals surface area contributed by atoms with E-state index in [2.05, 4.69) is 167 Å². The van der Waals surface area contributed by atoms with Gasteiger partial charge in [0.25, 0.3) is 0 Å². The zero-order valence-corrected chi connectivity index (χ0v) is 34.0. The minimum Gasteiger partial charge on any atom is -0.456 e. The van der Waals surface area contributed by atoms with Crippen molar-refractivity contribution >= 4 is 38.8 Å². The van der Waals surface area contributed by atoms with Gasteiger partial charge in [0, 0.05) is 27.5 Å². The Hall–Kier alpha value is -6.65. The van der Waals surface area contributed by atoms with E-state index in [-0.39, 0.29) is 10.8 Å². The molecule has 0 atom stereocenters. The molecule has 0 aliphatic heterocycles. The number of furan rings is 1. The fourth-order valence-corrected chi connectivity index (χ4v) is 9.48. The van der Waals surface area contributed by atoms with Crippen LogP contribution >= 0.6 is 0 Å². The Kier molecular flexibility index (Phi) is 8.10. The third kappa shape index (κ3) is 6.17. The lowest BCUT2D eigenvalue weighted by molar-refractivity contribution is 0.332. The molecule has 0 bridgehead atoms. The van der Waals surface area contributed by atoms with E-state index in [0.29, 0.717) is 17.5 Å². The molecule has 2 aliphatic rings. The molecule has 0 spiro atoms. The smallest absolute Gasteiger partial charge is 0.164 e. The quantitative estimate of drug-likeness (QED) is 0.175. The van der Waals surface area contributed by atoms with Crippen LogP contribution in [0.2, 0.25) is 0 Å². The van der Waals surface area contributed by atoms with Crippen molar-refractivity contribution in [2.75, 3.05) is 0 Å². The number of allylic oxidation sites excluding steroid dienone is 1. The molecule has 2 heterocycles. The highest BCUT2D eigenvalue weighted by atomic mass is 16.3. The lowest BCUT2D eigenvalue weighted by atomic mass is 9.63. The Morgan fingerprint density at radius 1 is 0.492 bits per heavy atom. The second kappa shape index (κ2) is 13.5. The van der Waals surface area contributed by atoms with Crippen molar-refractivity contribution in [2.45, 2.75) is 64.2 Å². The highest BCUT2D eigenvalue weighted by molar-refractivity contribution is 6.12. The van der Waals surface area contributed by atoms with Crippen LogP contribution in [0.15, 0.2) is 150 Å². The topological polar surface area (TPSA) is 51.8 Å². The maximum atomic E-state index is 6.67. The molecule has 11 rings (SSSR count). The molecule has 59 heavy (non-hydrogen) atoms. The first-order valence-corrected chi connectivity index (χ1v) is 20.9. The van der Waals surface area contributed by atoms with Crippen LogP contribution in [0.25, 0.3) is 95.2 Å². The average Bonchev–Trinajstić information content (AvgIpc) is 3.66. The average molecular weight is 764 g/mol. The van der Waals surface area contributed by atoms with Gasteiger partial charge in [-0.05, 0) is 128 Å². The predicted molar refractivity (Wildman–Crippen MR) is 244 cm³/mol. The third-order valence-corrected chi connectivity index (χ3v) is 13.0. The number of aryl methyl sites for hydroxylation is 1. The summed E-state index contributed by atoms with van der Waals surface area (Å²) in [5, 5.41) is 4.35. The van der Waals surface area contributed by atoms with E-state index in [4.69, 9.17) is 19.4 Å². The molecule has 7 aromatic carbocycles. The molecular formula is C55H45N3O. The summed E-state index contributed by atoms with van der Waals surface area (Å²) < 4.78 is 6.67. The van der Waals surface area contributed by atoms with Gasteiger partial charge in [0.15, 0.2) is 17.5 Å². The summed E-state index contributed by atoms with van der Waals surface area (Å²) in [4.78, 5) is 15.7. The van der Waals surface area contributed by atoms with Crippen LogP contribution < -0.4 is 0 Å². The van der Waals surface area contributed by atoms with Crippen LogP contribution in [0.5, 0.6) is 0 Å². The lowest BCUT2D eigenvalue weighted by Gasteiger charge is -2.42. The molecule has 0 radical (unpaired) electrons. The Balaban J connectivity index is 1.05. The van der Waals surface area contributed by atoms with Crippen molar-refractivity contribution in [3.63, 3.8) is 0 Å². The standard InChI is InChI=1S/C55H45N3O/c1-54(2)27-28-55(3,4)47-32-40(24-26-46(47)54)41-23-25-44-49(33-41)59-48-16-10-15-45(50(44)48)53-57-51(42-21-17-35-13-8-9-14-36(35)30-42)56-52(58-53)43-22-20-38-29-37(18-19-39(38)31-43)34-11-6-5-7-12-34/h5-7,9-12,14-26,29-33H,8,13,27-28H2,1-4H3. The molecule has 0 saturated heterocycles. The van der Waals surface area contributed by atoms with Crippen LogP contribution in [0.4, 0.5) is 0 Å². The van der Waals surface area contributed by atoms with Crippen molar-refractivity contribution in [2.24, 2.45) is 0 Å². The van der Waals surface area contributed by atoms with Gasteiger partial charge in [0.2, 0.25) is 0 Å². The minimum atomic E-state index is 0.135. The lowest BCUT2D eigenvalue weighted by Crippen LogP contribution is -2.33. The van der Waals surface area contributed by atoms with Crippen molar-refractivity contribution in [1.82, 2.24) is 15.0 Å². The largest absolute Gasteiger partial charge is 0.456 e. The first-order chi connectivity index (χ1) is 28.7. The summed E-state index contributed by atoms with van der Waals surface area (Å²) >= 11 is 0. The monoisotopic (exact) mass is 763 g/mol. The Morgan fingerprint density at radius 2 is 1.14 bits per heavy atom. The summed E-state index contributed by atoms with van der Waals surface area (Å²) in [7, 11) is 0. The number of nitrogens with zero attached hydrogens (tertiary/aromatic N) is 3. The van der Waals surface area contributed by atoms with Gasteiger partial charge in [0.05, 0.1) is 0 Å². The number of fused-ring (bicyclic) bond motifs is 6. The summed E-state index contributed by atoms with van der Waals surface area (Å²) in [5.41, 5.74) is 15.1. The second-order valence-corrected chi connectivity index (χ2v) is 17.8. The molecule has 0 saturated carbocycles. The molecule has 2 aliphatic carbocycles. The van der Waals surface area contributed by atoms with Crippen molar-refractivity contribution < 1.29 is 4.42 Å². The number of hydrogen-bond acceptors (Lipinski definition) is 4. The van der Waals surface area contributed by atoms with E-state index < -0.39 is 0 Å². The third-order valence-electron chi connectivity index (χ3n) is 13.0. The van der Waals surface area contributed by atoms with Crippen LogP contribution in [-0.4, -0.2) is 15.0 Å². The normalized spacial score (nSPS) is 15.4. The maximum Gasteiger partial charge on any atom is 0.164 e. The van der Waals surface area contributed by atoms with E-state index in [0.717, 1.165) is 62.4 Å². The van der Waals surface area contributed by atoms with Gasteiger partial charge in [-0.15, -0.1) is 0 Å². The molecule has 4 heteroatoms. The van der Waals surface area contributed by atoms with Gasteiger partial charge in [-0.2, -0.15) is 0 Å². The summed E-state index contributed by atoms with van der Waals surface area (Å²) in [6.45, 7) is 9.53. The Morgan fingerprint density at radius 3 is 1.95 bits per heavy atom. The maximum absolute atomic E-state index is 6.67. The summed E-state index contributed by atoms with van der Waals surface area (Å²) in [5.74, 6) is 1.91. The number of aromatic nitrogens is 3. The van der Waals surface area contributed by atoms with Crippen LogP contribution in [-0.2, 0) is 17.3 Å². The van der Waals surface area contributed by atoms with Gasteiger partial charge in [-0.25, -0.2) is 15.0 Å². The van der Waals surface area contributed by atoms with Crippen LogP contribution in [0.3, 0.4) is 0 Å². The summed E-state index contributed by atoms with van der Waals surface area (Å²) in [6, 6.07) is 50.2. The highest BCUT2D eigenvalue weighted by Gasteiger charge is 2.37. The molecule has 9 aromatic rings. The number of hydrogen-bond donors (Lipinski definition) is 0. The SMILES string of the molecule is CC1(C)CCC(C)(C)c2cc(-c3ccc4c(c3)oc3cccc(-c5nc(-c6ccc7c(c6)C=CCC7)nc(-c6ccc7cc(-c8ccccc8)ccc7c6)n5)c34)ccc21. The van der Waals surface area contributed by atoms with Crippen molar-refractivity contribution in [1.29, 1.82) is 0 Å². The van der Waals surface area contributed by atoms with Crippen LogP contribution in [0, 0.1) is 0 Å². The van der Waals surface area contributed by atoms with Gasteiger partial charge in [0.1, 0.15) is 11.2 Å².